The molecule has 2 amide bonds. The highest BCUT2D eigenvalue weighted by atomic mass is 16.5. The fourth-order valence-corrected chi connectivity index (χ4v) is 2.45. The van der Waals surface area contributed by atoms with Crippen molar-refractivity contribution < 1.29 is 9.53 Å². The van der Waals surface area contributed by atoms with Gasteiger partial charge in [0.1, 0.15) is 0 Å². The summed E-state index contributed by atoms with van der Waals surface area (Å²) in [6.07, 6.45) is 0. The SMILES string of the molecule is CNC(C)c1ccc(NC(=O)N2CCOCC2(C)C)cc1. The van der Waals surface area contributed by atoms with Gasteiger partial charge >= 0.3 is 6.03 Å². The highest BCUT2D eigenvalue weighted by Gasteiger charge is 2.34. The van der Waals surface area contributed by atoms with Gasteiger partial charge in [-0.25, -0.2) is 4.79 Å². The number of nitrogens with one attached hydrogen (secondary N) is 2. The third-order valence-corrected chi connectivity index (χ3v) is 3.99. The predicted molar refractivity (Wildman–Crippen MR) is 84.5 cm³/mol. The quantitative estimate of drug-likeness (QED) is 0.900. The van der Waals surface area contributed by atoms with Crippen molar-refractivity contribution >= 4 is 11.7 Å². The van der Waals surface area contributed by atoms with Gasteiger partial charge in [-0.3, -0.25) is 0 Å². The molecule has 0 aromatic heterocycles. The monoisotopic (exact) mass is 291 g/mol. The zero-order valence-electron chi connectivity index (χ0n) is 13.3. The van der Waals surface area contributed by atoms with Gasteiger partial charge in [-0.05, 0) is 45.5 Å². The second kappa shape index (κ2) is 6.45. The van der Waals surface area contributed by atoms with Crippen molar-refractivity contribution in [3.63, 3.8) is 0 Å². The molecule has 5 nitrogen and oxygen atoms in total. The summed E-state index contributed by atoms with van der Waals surface area (Å²) in [6, 6.07) is 8.16. The van der Waals surface area contributed by atoms with Gasteiger partial charge in [0.25, 0.3) is 0 Å². The van der Waals surface area contributed by atoms with Crippen LogP contribution >= 0.6 is 0 Å². The molecule has 0 aliphatic carbocycles. The van der Waals surface area contributed by atoms with E-state index in [2.05, 4.69) is 17.6 Å². The van der Waals surface area contributed by atoms with E-state index in [1.807, 2.05) is 50.1 Å². The fourth-order valence-electron chi connectivity index (χ4n) is 2.45. The first-order valence-corrected chi connectivity index (χ1v) is 7.37. The molecule has 1 aliphatic rings. The van der Waals surface area contributed by atoms with Crippen molar-refractivity contribution in [2.24, 2.45) is 0 Å². The molecule has 1 unspecified atom stereocenters. The zero-order chi connectivity index (χ0) is 15.5. The number of anilines is 1. The van der Waals surface area contributed by atoms with Crippen molar-refractivity contribution in [2.45, 2.75) is 32.4 Å². The number of benzene rings is 1. The third kappa shape index (κ3) is 3.74. The molecule has 5 heteroatoms. The Hall–Kier alpha value is -1.59. The molecule has 2 N–H and O–H groups in total. The number of amides is 2. The Labute approximate surface area is 126 Å². The summed E-state index contributed by atoms with van der Waals surface area (Å²) in [5.74, 6) is 0. The summed E-state index contributed by atoms with van der Waals surface area (Å²) in [7, 11) is 1.93. The van der Waals surface area contributed by atoms with Crippen LogP contribution in [-0.2, 0) is 4.74 Å². The Kier molecular flexibility index (Phi) is 4.85. The fraction of sp³-hybridized carbons (Fsp3) is 0.562. The van der Waals surface area contributed by atoms with Crippen LogP contribution in [0.25, 0.3) is 0 Å². The van der Waals surface area contributed by atoms with Crippen molar-refractivity contribution in [3.05, 3.63) is 29.8 Å². The van der Waals surface area contributed by atoms with Gasteiger partial charge in [0.15, 0.2) is 0 Å². The molecular weight excluding hydrogens is 266 g/mol. The first-order chi connectivity index (χ1) is 9.94. The number of rotatable bonds is 3. The number of morpholine rings is 1. The maximum Gasteiger partial charge on any atom is 0.322 e. The van der Waals surface area contributed by atoms with Gasteiger partial charge in [-0.1, -0.05) is 12.1 Å². The predicted octanol–water partition coefficient (Wildman–Crippen LogP) is 2.61. The second-order valence-corrected chi connectivity index (χ2v) is 6.08. The Morgan fingerprint density at radius 1 is 1.33 bits per heavy atom. The molecule has 0 spiro atoms. The maximum atomic E-state index is 12.4. The van der Waals surface area contributed by atoms with Crippen LogP contribution in [0, 0.1) is 0 Å². The summed E-state index contributed by atoms with van der Waals surface area (Å²) in [5, 5.41) is 6.16. The minimum atomic E-state index is -0.275. The van der Waals surface area contributed by atoms with Gasteiger partial charge in [-0.2, -0.15) is 0 Å². The first-order valence-electron chi connectivity index (χ1n) is 7.37. The number of hydrogen-bond acceptors (Lipinski definition) is 3. The minimum Gasteiger partial charge on any atom is -0.377 e. The largest absolute Gasteiger partial charge is 0.377 e. The summed E-state index contributed by atoms with van der Waals surface area (Å²) < 4.78 is 5.44. The summed E-state index contributed by atoms with van der Waals surface area (Å²) in [4.78, 5) is 14.2. The highest BCUT2D eigenvalue weighted by molar-refractivity contribution is 5.89. The number of carbonyl (C=O) groups is 1. The number of urea groups is 1. The maximum absolute atomic E-state index is 12.4. The molecule has 1 heterocycles. The van der Waals surface area contributed by atoms with E-state index in [-0.39, 0.29) is 11.6 Å². The van der Waals surface area contributed by atoms with Crippen LogP contribution in [0.5, 0.6) is 0 Å². The molecule has 0 radical (unpaired) electrons. The van der Waals surface area contributed by atoms with Crippen molar-refractivity contribution in [1.82, 2.24) is 10.2 Å². The van der Waals surface area contributed by atoms with E-state index < -0.39 is 0 Å². The van der Waals surface area contributed by atoms with Gasteiger partial charge in [0.2, 0.25) is 0 Å². The minimum absolute atomic E-state index is 0.0716. The van der Waals surface area contributed by atoms with E-state index in [1.54, 1.807) is 0 Å². The topological polar surface area (TPSA) is 53.6 Å². The Balaban J connectivity index is 2.02. The molecule has 21 heavy (non-hydrogen) atoms. The molecule has 1 saturated heterocycles. The molecule has 116 valence electrons. The molecule has 1 atom stereocenters. The van der Waals surface area contributed by atoms with E-state index in [4.69, 9.17) is 4.74 Å². The van der Waals surface area contributed by atoms with Crippen molar-refractivity contribution in [1.29, 1.82) is 0 Å². The van der Waals surface area contributed by atoms with E-state index >= 15 is 0 Å². The Morgan fingerprint density at radius 2 is 2.00 bits per heavy atom. The number of nitrogens with zero attached hydrogens (tertiary/aromatic N) is 1. The molecule has 2 rings (SSSR count). The van der Waals surface area contributed by atoms with Gasteiger partial charge < -0.3 is 20.3 Å². The van der Waals surface area contributed by atoms with Crippen LogP contribution in [0.15, 0.2) is 24.3 Å². The van der Waals surface area contributed by atoms with Crippen LogP contribution in [-0.4, -0.2) is 43.3 Å². The lowest BCUT2D eigenvalue weighted by Gasteiger charge is -2.41. The average molecular weight is 291 g/mol. The van der Waals surface area contributed by atoms with E-state index in [9.17, 15) is 4.79 Å². The Bertz CT molecular complexity index is 485. The normalized spacial score (nSPS) is 19.1. The number of carbonyl (C=O) groups excluding carboxylic acids is 1. The van der Waals surface area contributed by atoms with Crippen molar-refractivity contribution in [3.8, 4) is 0 Å². The Morgan fingerprint density at radius 3 is 2.57 bits per heavy atom. The summed E-state index contributed by atoms with van der Waals surface area (Å²) in [6.45, 7) is 7.92. The third-order valence-electron chi connectivity index (χ3n) is 3.99. The van der Waals surface area contributed by atoms with Crippen LogP contribution in [0.3, 0.4) is 0 Å². The summed E-state index contributed by atoms with van der Waals surface area (Å²) in [5.41, 5.74) is 1.74. The summed E-state index contributed by atoms with van der Waals surface area (Å²) >= 11 is 0. The number of ether oxygens (including phenoxy) is 1. The molecule has 1 aromatic rings. The molecule has 1 fully saturated rings. The van der Waals surface area contributed by atoms with Crippen molar-refractivity contribution in [2.75, 3.05) is 32.1 Å². The molecule has 1 aromatic carbocycles. The molecular formula is C16H25N3O2. The van der Waals surface area contributed by atoms with Crippen LogP contribution in [0.2, 0.25) is 0 Å². The van der Waals surface area contributed by atoms with Gasteiger partial charge in [0.05, 0.1) is 18.8 Å². The van der Waals surface area contributed by atoms with E-state index in [0.717, 1.165) is 5.69 Å². The van der Waals surface area contributed by atoms with E-state index in [1.165, 1.54) is 5.56 Å². The molecule has 1 aliphatic heterocycles. The van der Waals surface area contributed by atoms with Crippen LogP contribution in [0.1, 0.15) is 32.4 Å². The highest BCUT2D eigenvalue weighted by Crippen LogP contribution is 2.21. The molecule has 0 bridgehead atoms. The van der Waals surface area contributed by atoms with Crippen LogP contribution in [0.4, 0.5) is 10.5 Å². The lowest BCUT2D eigenvalue weighted by atomic mass is 10.0. The van der Waals surface area contributed by atoms with Gasteiger partial charge in [-0.15, -0.1) is 0 Å². The van der Waals surface area contributed by atoms with Gasteiger partial charge in [0, 0.05) is 18.3 Å². The second-order valence-electron chi connectivity index (χ2n) is 6.08. The standard InChI is InChI=1S/C16H25N3O2/c1-12(17-4)13-5-7-14(8-6-13)18-15(20)19-9-10-21-11-16(19,2)3/h5-8,12,17H,9-11H2,1-4H3,(H,18,20). The average Bonchev–Trinajstić information content (AvgIpc) is 2.46. The van der Waals surface area contributed by atoms with Crippen LogP contribution < -0.4 is 10.6 Å². The first kappa shape index (κ1) is 15.8. The smallest absolute Gasteiger partial charge is 0.322 e. The van der Waals surface area contributed by atoms with E-state index in [0.29, 0.717) is 25.8 Å². The lowest BCUT2D eigenvalue weighted by Crippen LogP contribution is -2.56. The lowest BCUT2D eigenvalue weighted by molar-refractivity contribution is -0.0249. The zero-order valence-corrected chi connectivity index (χ0v) is 13.3. The molecule has 0 saturated carbocycles. The number of hydrogen-bond donors (Lipinski definition) is 2.